The van der Waals surface area contributed by atoms with E-state index in [1.54, 1.807) is 0 Å². The van der Waals surface area contributed by atoms with Crippen molar-refractivity contribution in [3.63, 3.8) is 0 Å². The van der Waals surface area contributed by atoms with E-state index in [0.29, 0.717) is 16.4 Å². The Hall–Kier alpha value is -2.87. The van der Waals surface area contributed by atoms with Crippen LogP contribution >= 0.6 is 11.6 Å². The Morgan fingerprint density at radius 2 is 1.95 bits per heavy atom. The van der Waals surface area contributed by atoms with Crippen molar-refractivity contribution in [2.45, 2.75) is 0 Å². The molecule has 0 amide bonds. The largest absolute Gasteiger partial charge is 0.506 e. The maximum absolute atomic E-state index is 10.9. The van der Waals surface area contributed by atoms with Crippen molar-refractivity contribution in [1.29, 1.82) is 0 Å². The fourth-order valence-corrected chi connectivity index (χ4v) is 2.03. The second-order valence-corrected chi connectivity index (χ2v) is 4.57. The molecule has 9 heteroatoms. The quantitative estimate of drug-likeness (QED) is 0.433. The van der Waals surface area contributed by atoms with Gasteiger partial charge < -0.3 is 10.4 Å². The van der Waals surface area contributed by atoms with Crippen LogP contribution in [0, 0.1) is 10.1 Å². The Balaban J connectivity index is 2.10. The van der Waals surface area contributed by atoms with Crippen LogP contribution in [0.3, 0.4) is 0 Å². The molecule has 3 rings (SSSR count). The van der Waals surface area contributed by atoms with Gasteiger partial charge in [0.2, 0.25) is 5.52 Å². The molecular weight excluding hydrogens is 300 g/mol. The Kier molecular flexibility index (Phi) is 3.07. The first-order chi connectivity index (χ1) is 10.1. The predicted octanol–water partition coefficient (Wildman–Crippen LogP) is 3.23. The topological polar surface area (TPSA) is 114 Å². The molecule has 106 valence electrons. The first-order valence-electron chi connectivity index (χ1n) is 5.71. The van der Waals surface area contributed by atoms with Gasteiger partial charge in [-0.15, -0.1) is 0 Å². The molecule has 0 bridgehead atoms. The number of nitro benzene ring substituents is 1. The van der Waals surface area contributed by atoms with Gasteiger partial charge in [0.25, 0.3) is 0 Å². The maximum atomic E-state index is 10.9. The number of benzene rings is 2. The Morgan fingerprint density at radius 3 is 2.71 bits per heavy atom. The van der Waals surface area contributed by atoms with Crippen LogP contribution in [0.25, 0.3) is 11.0 Å². The van der Waals surface area contributed by atoms with Crippen LogP contribution in [0.1, 0.15) is 0 Å². The molecule has 0 atom stereocenters. The lowest BCUT2D eigenvalue weighted by Crippen LogP contribution is -1.95. The summed E-state index contributed by atoms with van der Waals surface area (Å²) in [5, 5.41) is 31.2. The third-order valence-electron chi connectivity index (χ3n) is 2.82. The zero-order chi connectivity index (χ0) is 15.0. The van der Waals surface area contributed by atoms with Crippen LogP contribution in [-0.2, 0) is 0 Å². The summed E-state index contributed by atoms with van der Waals surface area (Å²) in [6.45, 7) is 0. The van der Waals surface area contributed by atoms with Gasteiger partial charge in [-0.05, 0) is 34.6 Å². The van der Waals surface area contributed by atoms with Crippen molar-refractivity contribution in [2.24, 2.45) is 0 Å². The SMILES string of the molecule is O=[N+]([O-])c1ccc(Nc2cc(Cl)ccc2O)c2nonc12. The second-order valence-electron chi connectivity index (χ2n) is 4.14. The molecule has 2 aromatic carbocycles. The average molecular weight is 307 g/mol. The van der Waals surface area contributed by atoms with E-state index in [9.17, 15) is 15.2 Å². The summed E-state index contributed by atoms with van der Waals surface area (Å²) in [5.41, 5.74) is 0.720. The number of anilines is 2. The molecule has 0 aliphatic rings. The van der Waals surface area contributed by atoms with Crippen molar-refractivity contribution < 1.29 is 14.7 Å². The summed E-state index contributed by atoms with van der Waals surface area (Å²) in [5.74, 6) is -0.0256. The van der Waals surface area contributed by atoms with Crippen molar-refractivity contribution in [2.75, 3.05) is 5.32 Å². The predicted molar refractivity (Wildman–Crippen MR) is 74.9 cm³/mol. The Morgan fingerprint density at radius 1 is 1.19 bits per heavy atom. The number of hydrogen-bond acceptors (Lipinski definition) is 7. The van der Waals surface area contributed by atoms with Gasteiger partial charge in [0, 0.05) is 11.1 Å². The van der Waals surface area contributed by atoms with Crippen LogP contribution in [0.4, 0.5) is 17.1 Å². The number of rotatable bonds is 3. The molecule has 0 spiro atoms. The molecular formula is C12H7ClN4O4. The fraction of sp³-hybridized carbons (Fsp3) is 0. The molecule has 0 radical (unpaired) electrons. The van der Waals surface area contributed by atoms with Gasteiger partial charge in [0.15, 0.2) is 5.52 Å². The molecule has 0 saturated heterocycles. The normalized spacial score (nSPS) is 10.7. The first-order valence-corrected chi connectivity index (χ1v) is 6.09. The van der Waals surface area contributed by atoms with Gasteiger partial charge in [-0.1, -0.05) is 11.6 Å². The van der Waals surface area contributed by atoms with Crippen molar-refractivity contribution in [1.82, 2.24) is 10.3 Å². The van der Waals surface area contributed by atoms with E-state index in [1.165, 1.54) is 30.3 Å². The molecule has 3 aromatic rings. The number of phenolic OH excluding ortho intramolecular Hbond substituents is 1. The van der Waals surface area contributed by atoms with E-state index in [4.69, 9.17) is 11.6 Å². The summed E-state index contributed by atoms with van der Waals surface area (Å²) < 4.78 is 4.56. The van der Waals surface area contributed by atoms with Crippen LogP contribution in [-0.4, -0.2) is 20.3 Å². The van der Waals surface area contributed by atoms with Crippen LogP contribution in [0.2, 0.25) is 5.02 Å². The van der Waals surface area contributed by atoms with Crippen molar-refractivity contribution in [3.05, 3.63) is 45.5 Å². The van der Waals surface area contributed by atoms with Crippen LogP contribution < -0.4 is 5.32 Å². The van der Waals surface area contributed by atoms with Gasteiger partial charge >= 0.3 is 5.69 Å². The Bertz CT molecular complexity index is 848. The molecule has 1 heterocycles. The lowest BCUT2D eigenvalue weighted by molar-refractivity contribution is -0.383. The van der Waals surface area contributed by atoms with Crippen molar-refractivity contribution >= 4 is 39.7 Å². The van der Waals surface area contributed by atoms with Gasteiger partial charge in [0.05, 0.1) is 16.3 Å². The minimum absolute atomic E-state index is 0.0199. The molecule has 0 saturated carbocycles. The highest BCUT2D eigenvalue weighted by Gasteiger charge is 2.20. The Labute approximate surface area is 122 Å². The molecule has 1 aromatic heterocycles. The van der Waals surface area contributed by atoms with Gasteiger partial charge in [-0.3, -0.25) is 10.1 Å². The van der Waals surface area contributed by atoms with Crippen molar-refractivity contribution in [3.8, 4) is 5.75 Å². The number of nitrogens with one attached hydrogen (secondary N) is 1. The van der Waals surface area contributed by atoms with Gasteiger partial charge in [0.1, 0.15) is 5.75 Å². The summed E-state index contributed by atoms with van der Waals surface area (Å²) in [7, 11) is 0. The monoisotopic (exact) mass is 306 g/mol. The zero-order valence-corrected chi connectivity index (χ0v) is 11.0. The first kappa shape index (κ1) is 13.1. The average Bonchev–Trinajstić information content (AvgIpc) is 2.92. The third-order valence-corrected chi connectivity index (χ3v) is 3.05. The zero-order valence-electron chi connectivity index (χ0n) is 10.3. The molecule has 0 fully saturated rings. The summed E-state index contributed by atoms with van der Waals surface area (Å²) in [4.78, 5) is 10.3. The molecule has 0 aliphatic carbocycles. The number of phenols is 1. The van der Waals surface area contributed by atoms with Gasteiger partial charge in [-0.2, -0.15) is 0 Å². The maximum Gasteiger partial charge on any atom is 0.300 e. The lowest BCUT2D eigenvalue weighted by atomic mass is 10.2. The highest BCUT2D eigenvalue weighted by atomic mass is 35.5. The van der Waals surface area contributed by atoms with E-state index in [-0.39, 0.29) is 22.5 Å². The van der Waals surface area contributed by atoms with E-state index < -0.39 is 4.92 Å². The van der Waals surface area contributed by atoms with E-state index in [0.717, 1.165) is 0 Å². The smallest absolute Gasteiger partial charge is 0.300 e. The minimum Gasteiger partial charge on any atom is -0.506 e. The number of non-ortho nitro benzene ring substituents is 1. The molecule has 0 unspecified atom stereocenters. The third kappa shape index (κ3) is 2.32. The lowest BCUT2D eigenvalue weighted by Gasteiger charge is -2.08. The number of hydrogen-bond donors (Lipinski definition) is 2. The van der Waals surface area contributed by atoms with Crippen LogP contribution in [0.15, 0.2) is 35.0 Å². The summed E-state index contributed by atoms with van der Waals surface area (Å²) >= 11 is 5.86. The number of halogens is 1. The molecule has 21 heavy (non-hydrogen) atoms. The standard InChI is InChI=1S/C12H7ClN4O4/c13-6-1-4-10(18)8(5-6)14-7-2-3-9(17(19)20)12-11(7)15-21-16-12/h1-5,14,18H. The minimum atomic E-state index is -0.576. The number of fused-ring (bicyclic) bond motifs is 1. The second kappa shape index (κ2) is 4.91. The van der Waals surface area contributed by atoms with E-state index in [1.807, 2.05) is 0 Å². The van der Waals surface area contributed by atoms with E-state index in [2.05, 4.69) is 20.3 Å². The summed E-state index contributed by atoms with van der Waals surface area (Å²) in [6, 6.07) is 7.19. The number of aromatic hydroxyl groups is 1. The van der Waals surface area contributed by atoms with Gasteiger partial charge in [-0.25, -0.2) is 4.63 Å². The molecule has 0 aliphatic heterocycles. The highest BCUT2D eigenvalue weighted by molar-refractivity contribution is 6.31. The number of nitrogens with zero attached hydrogens (tertiary/aromatic N) is 3. The fourth-order valence-electron chi connectivity index (χ4n) is 1.86. The molecule has 2 N–H and O–H groups in total. The van der Waals surface area contributed by atoms with Crippen LogP contribution in [0.5, 0.6) is 5.75 Å². The summed E-state index contributed by atoms with van der Waals surface area (Å²) in [6.07, 6.45) is 0. The molecule has 8 nitrogen and oxygen atoms in total. The number of aromatic nitrogens is 2. The highest BCUT2D eigenvalue weighted by Crippen LogP contribution is 2.34. The number of nitro groups is 1. The van der Waals surface area contributed by atoms with E-state index >= 15 is 0 Å².